The number of halogens is 3. The van der Waals surface area contributed by atoms with Gasteiger partial charge in [0.2, 0.25) is 10.0 Å². The number of anilines is 2. The van der Waals surface area contributed by atoms with E-state index < -0.39 is 21.7 Å². The Bertz CT molecular complexity index is 1280. The lowest BCUT2D eigenvalue weighted by atomic mass is 10.2. The highest BCUT2D eigenvalue weighted by atomic mass is 35.5. The second-order valence-corrected chi connectivity index (χ2v) is 9.82. The minimum atomic E-state index is -3.82. The molecule has 4 rings (SSSR count). The topological polar surface area (TPSA) is 69.7 Å². The Labute approximate surface area is 195 Å². The van der Waals surface area contributed by atoms with Gasteiger partial charge in [0.1, 0.15) is 11.6 Å². The number of piperazine rings is 1. The molecule has 6 nitrogen and oxygen atoms in total. The number of hydrogen-bond donors (Lipinski definition) is 1. The number of nitrogens with one attached hydrogen (secondary N) is 1. The largest absolute Gasteiger partial charge is 0.369 e. The summed E-state index contributed by atoms with van der Waals surface area (Å²) in [7, 11) is -3.82. The van der Waals surface area contributed by atoms with Crippen LogP contribution < -0.4 is 10.2 Å². The number of nitrogens with zero attached hydrogens (tertiary/aromatic N) is 2. The van der Waals surface area contributed by atoms with E-state index in [0.29, 0.717) is 13.1 Å². The second-order valence-electron chi connectivity index (χ2n) is 7.48. The van der Waals surface area contributed by atoms with Crippen LogP contribution in [0.2, 0.25) is 5.02 Å². The predicted molar refractivity (Wildman–Crippen MR) is 123 cm³/mol. The van der Waals surface area contributed by atoms with Gasteiger partial charge in [0, 0.05) is 43.1 Å². The maximum absolute atomic E-state index is 13.3. The van der Waals surface area contributed by atoms with Crippen molar-refractivity contribution in [2.24, 2.45) is 0 Å². The first kappa shape index (κ1) is 23.2. The van der Waals surface area contributed by atoms with Crippen LogP contribution in [0.5, 0.6) is 0 Å². The lowest BCUT2D eigenvalue weighted by molar-refractivity contribution is 0.102. The van der Waals surface area contributed by atoms with Crippen molar-refractivity contribution in [1.82, 2.24) is 4.31 Å². The molecular weight excluding hydrogens is 472 g/mol. The molecule has 10 heteroatoms. The highest BCUT2D eigenvalue weighted by molar-refractivity contribution is 7.89. The fourth-order valence-electron chi connectivity index (χ4n) is 3.56. The first-order chi connectivity index (χ1) is 15.7. The maximum Gasteiger partial charge on any atom is 0.255 e. The summed E-state index contributed by atoms with van der Waals surface area (Å²) in [5.74, 6) is -1.48. The Hall–Kier alpha value is -3.01. The van der Waals surface area contributed by atoms with Crippen molar-refractivity contribution >= 4 is 38.9 Å². The van der Waals surface area contributed by atoms with Crippen molar-refractivity contribution in [3.8, 4) is 0 Å². The summed E-state index contributed by atoms with van der Waals surface area (Å²) in [6.45, 7) is 1.42. The molecule has 3 aromatic carbocycles. The molecule has 33 heavy (non-hydrogen) atoms. The Morgan fingerprint density at radius 2 is 1.61 bits per heavy atom. The number of sulfonamides is 1. The Kier molecular flexibility index (Phi) is 6.64. The lowest BCUT2D eigenvalue weighted by Gasteiger charge is -2.35. The van der Waals surface area contributed by atoms with Gasteiger partial charge in [-0.25, -0.2) is 17.2 Å². The molecule has 1 fully saturated rings. The van der Waals surface area contributed by atoms with E-state index in [1.807, 2.05) is 4.90 Å². The van der Waals surface area contributed by atoms with Gasteiger partial charge < -0.3 is 10.2 Å². The number of carbonyl (C=O) groups excluding carboxylic acids is 1. The molecule has 0 unspecified atom stereocenters. The molecule has 0 aromatic heterocycles. The average molecular weight is 492 g/mol. The number of hydrogen-bond acceptors (Lipinski definition) is 4. The van der Waals surface area contributed by atoms with Crippen LogP contribution in [0.1, 0.15) is 10.4 Å². The minimum Gasteiger partial charge on any atom is -0.369 e. The van der Waals surface area contributed by atoms with Crippen LogP contribution in [-0.2, 0) is 10.0 Å². The van der Waals surface area contributed by atoms with E-state index in [1.54, 1.807) is 12.1 Å². The van der Waals surface area contributed by atoms with Gasteiger partial charge in [-0.05, 0) is 60.7 Å². The first-order valence-corrected chi connectivity index (χ1v) is 11.9. The maximum atomic E-state index is 13.3. The quantitative estimate of drug-likeness (QED) is 0.575. The Balaban J connectivity index is 1.46. The van der Waals surface area contributed by atoms with E-state index in [9.17, 15) is 22.0 Å². The minimum absolute atomic E-state index is 0.00233. The first-order valence-electron chi connectivity index (χ1n) is 10.1. The zero-order valence-electron chi connectivity index (χ0n) is 17.3. The summed E-state index contributed by atoms with van der Waals surface area (Å²) in [4.78, 5) is 14.6. The van der Waals surface area contributed by atoms with E-state index in [1.165, 1.54) is 52.8 Å². The van der Waals surface area contributed by atoms with Gasteiger partial charge in [-0.2, -0.15) is 4.31 Å². The summed E-state index contributed by atoms with van der Waals surface area (Å²) >= 11 is 5.74. The standard InChI is InChI=1S/C23H20ClF2N3O3S/c24-21-15-18(6-9-22(21)26)27-23(30)16-2-1-3-20(14-16)33(31,32)29-12-10-28(11-13-29)19-7-4-17(25)5-8-19/h1-9,14-15H,10-13H2,(H,27,30). The molecule has 172 valence electrons. The smallest absolute Gasteiger partial charge is 0.255 e. The molecule has 0 bridgehead atoms. The molecule has 3 aromatic rings. The number of rotatable bonds is 5. The molecule has 1 aliphatic heterocycles. The number of amides is 1. The van der Waals surface area contributed by atoms with Crippen molar-refractivity contribution in [2.45, 2.75) is 4.90 Å². The lowest BCUT2D eigenvalue weighted by Crippen LogP contribution is -2.48. The molecule has 1 heterocycles. The van der Waals surface area contributed by atoms with Crippen LogP contribution in [0, 0.1) is 11.6 Å². The molecule has 1 saturated heterocycles. The van der Waals surface area contributed by atoms with Crippen LogP contribution >= 0.6 is 11.6 Å². The van der Waals surface area contributed by atoms with Gasteiger partial charge in [0.15, 0.2) is 0 Å². The van der Waals surface area contributed by atoms with E-state index in [4.69, 9.17) is 11.6 Å². The van der Waals surface area contributed by atoms with Gasteiger partial charge in [-0.1, -0.05) is 17.7 Å². The fourth-order valence-corrected chi connectivity index (χ4v) is 5.21. The van der Waals surface area contributed by atoms with Gasteiger partial charge >= 0.3 is 0 Å². The van der Waals surface area contributed by atoms with Crippen LogP contribution in [0.25, 0.3) is 0 Å². The average Bonchev–Trinajstić information content (AvgIpc) is 2.82. The summed E-state index contributed by atoms with van der Waals surface area (Å²) in [5, 5.41) is 2.45. The normalized spacial score (nSPS) is 14.8. The summed E-state index contributed by atoms with van der Waals surface area (Å²) in [6.07, 6.45) is 0. The zero-order chi connectivity index (χ0) is 23.6. The van der Waals surface area contributed by atoms with E-state index in [-0.39, 0.29) is 40.1 Å². The zero-order valence-corrected chi connectivity index (χ0v) is 18.9. The molecule has 1 amide bonds. The molecule has 0 saturated carbocycles. The van der Waals surface area contributed by atoms with Crippen LogP contribution in [0.4, 0.5) is 20.2 Å². The van der Waals surface area contributed by atoms with Crippen molar-refractivity contribution < 1.29 is 22.0 Å². The summed E-state index contributed by atoms with van der Waals surface area (Å²) in [6, 6.07) is 15.6. The highest BCUT2D eigenvalue weighted by Crippen LogP contribution is 2.23. The van der Waals surface area contributed by atoms with Gasteiger partial charge in [-0.15, -0.1) is 0 Å². The summed E-state index contributed by atoms with van der Waals surface area (Å²) < 4.78 is 54.2. The molecular formula is C23H20ClF2N3O3S. The third-order valence-corrected chi connectivity index (χ3v) is 7.53. The van der Waals surface area contributed by atoms with Crippen LogP contribution in [0.15, 0.2) is 71.6 Å². The van der Waals surface area contributed by atoms with Gasteiger partial charge in [0.05, 0.1) is 9.92 Å². The third kappa shape index (κ3) is 5.16. The van der Waals surface area contributed by atoms with Crippen LogP contribution in [-0.4, -0.2) is 44.8 Å². The van der Waals surface area contributed by atoms with Crippen molar-refractivity contribution in [2.75, 3.05) is 36.4 Å². The monoisotopic (exact) mass is 491 g/mol. The molecule has 0 atom stereocenters. The van der Waals surface area contributed by atoms with Gasteiger partial charge in [-0.3, -0.25) is 4.79 Å². The molecule has 0 aliphatic carbocycles. The fraction of sp³-hybridized carbons (Fsp3) is 0.174. The Morgan fingerprint density at radius 3 is 2.27 bits per heavy atom. The Morgan fingerprint density at radius 1 is 0.909 bits per heavy atom. The SMILES string of the molecule is O=C(Nc1ccc(F)c(Cl)c1)c1cccc(S(=O)(=O)N2CCN(c3ccc(F)cc3)CC2)c1. The molecule has 0 spiro atoms. The van der Waals surface area contributed by atoms with Crippen molar-refractivity contribution in [1.29, 1.82) is 0 Å². The highest BCUT2D eigenvalue weighted by Gasteiger charge is 2.29. The van der Waals surface area contributed by atoms with Gasteiger partial charge in [0.25, 0.3) is 5.91 Å². The van der Waals surface area contributed by atoms with E-state index >= 15 is 0 Å². The third-order valence-electron chi connectivity index (χ3n) is 5.34. The predicted octanol–water partition coefficient (Wildman–Crippen LogP) is 4.38. The van der Waals surface area contributed by atoms with E-state index in [0.717, 1.165) is 11.8 Å². The van der Waals surface area contributed by atoms with Crippen molar-refractivity contribution in [3.63, 3.8) is 0 Å². The molecule has 1 N–H and O–H groups in total. The summed E-state index contributed by atoms with van der Waals surface area (Å²) in [5.41, 5.74) is 1.26. The molecule has 0 radical (unpaired) electrons. The van der Waals surface area contributed by atoms with Crippen LogP contribution in [0.3, 0.4) is 0 Å². The second kappa shape index (κ2) is 9.46. The van der Waals surface area contributed by atoms with E-state index in [2.05, 4.69) is 5.32 Å². The molecule has 1 aliphatic rings. The number of benzene rings is 3. The number of carbonyl (C=O) groups is 1. The van der Waals surface area contributed by atoms with Crippen molar-refractivity contribution in [3.05, 3.63) is 89.0 Å².